The van der Waals surface area contributed by atoms with E-state index in [9.17, 15) is 14.4 Å². The average Bonchev–Trinajstić information content (AvgIpc) is 2.77. The molecule has 2 rings (SSSR count). The number of carboxylic acid groups (broad SMARTS) is 1. The third-order valence-electron chi connectivity index (χ3n) is 3.04. The molecule has 2 amide bonds. The summed E-state index contributed by atoms with van der Waals surface area (Å²) >= 11 is 2.26. The Kier molecular flexibility index (Phi) is 3.91. The van der Waals surface area contributed by atoms with E-state index >= 15 is 0 Å². The van der Waals surface area contributed by atoms with Gasteiger partial charge in [-0.25, -0.2) is 4.79 Å². The van der Waals surface area contributed by atoms with Crippen LogP contribution in [0.1, 0.15) is 0 Å². The maximum absolute atomic E-state index is 11.8. The van der Waals surface area contributed by atoms with Gasteiger partial charge in [-0.2, -0.15) is 5.26 Å². The number of nitriles is 1. The molecule has 2 aliphatic heterocycles. The number of β-lactam (4-membered cyclic amide) rings is 1. The van der Waals surface area contributed by atoms with Crippen molar-refractivity contribution in [2.75, 3.05) is 12.0 Å². The fourth-order valence-electron chi connectivity index (χ4n) is 2.10. The summed E-state index contributed by atoms with van der Waals surface area (Å²) in [7, 11) is 0. The van der Waals surface area contributed by atoms with Crippen LogP contribution < -0.4 is 5.32 Å². The molecule has 2 N–H and O–H groups in total. The van der Waals surface area contributed by atoms with Gasteiger partial charge in [-0.15, -0.1) is 23.5 Å². The molecule has 0 aromatic carbocycles. The second kappa shape index (κ2) is 5.30. The third kappa shape index (κ3) is 2.26. The Balaban J connectivity index is 1.99. The first-order chi connectivity index (χ1) is 9.01. The largest absolute Gasteiger partial charge is 0.479 e. The van der Waals surface area contributed by atoms with E-state index in [0.717, 1.165) is 11.8 Å². The molecule has 0 aliphatic carbocycles. The van der Waals surface area contributed by atoms with Crippen LogP contribution in [0, 0.1) is 11.3 Å². The third-order valence-corrected chi connectivity index (χ3v) is 5.11. The number of carboxylic acids is 1. The minimum atomic E-state index is -1.05. The summed E-state index contributed by atoms with van der Waals surface area (Å²) in [6.45, 7) is 0. The number of fused-ring (bicyclic) bond motifs is 1. The Morgan fingerprint density at radius 3 is 2.89 bits per heavy atom. The average molecular weight is 301 g/mol. The molecule has 7 nitrogen and oxygen atoms in total. The van der Waals surface area contributed by atoms with Gasteiger partial charge in [0.25, 0.3) is 0 Å². The number of hydrogen-bond donors (Lipinski definition) is 2. The molecular weight excluding hydrogens is 290 g/mol. The Bertz CT molecular complexity index is 478. The van der Waals surface area contributed by atoms with Crippen LogP contribution in [-0.4, -0.2) is 62.5 Å². The number of thioether (sulfide) groups is 2. The van der Waals surface area contributed by atoms with Gasteiger partial charge in [-0.1, -0.05) is 0 Å². The van der Waals surface area contributed by atoms with E-state index in [-0.39, 0.29) is 6.04 Å². The molecule has 0 aromatic rings. The number of aliphatic carboxylic acids is 1. The second-order valence-corrected chi connectivity index (χ2v) is 6.12. The van der Waals surface area contributed by atoms with Crippen molar-refractivity contribution in [3.8, 4) is 6.07 Å². The van der Waals surface area contributed by atoms with E-state index < -0.39 is 34.4 Å². The molecule has 4 atom stereocenters. The van der Waals surface area contributed by atoms with Crippen LogP contribution >= 0.6 is 23.5 Å². The van der Waals surface area contributed by atoms with Crippen LogP contribution in [-0.2, 0) is 14.4 Å². The zero-order valence-electron chi connectivity index (χ0n) is 9.90. The smallest absolute Gasteiger partial charge is 0.337 e. The van der Waals surface area contributed by atoms with Gasteiger partial charge >= 0.3 is 5.97 Å². The lowest BCUT2D eigenvalue weighted by molar-refractivity contribution is -0.159. The molecule has 2 aliphatic rings. The molecule has 9 heteroatoms. The Morgan fingerprint density at radius 2 is 2.37 bits per heavy atom. The highest BCUT2D eigenvalue weighted by Crippen LogP contribution is 2.38. The Labute approximate surface area is 117 Å². The molecule has 0 bridgehead atoms. The van der Waals surface area contributed by atoms with E-state index in [1.807, 2.05) is 6.07 Å². The Morgan fingerprint density at radius 1 is 1.68 bits per heavy atom. The minimum absolute atomic E-state index is 0.288. The van der Waals surface area contributed by atoms with Crippen LogP contribution in [0.15, 0.2) is 0 Å². The van der Waals surface area contributed by atoms with Crippen molar-refractivity contribution in [2.45, 2.75) is 22.7 Å². The molecule has 2 heterocycles. The summed E-state index contributed by atoms with van der Waals surface area (Å²) in [4.78, 5) is 35.7. The Hall–Kier alpha value is -1.40. The fraction of sp³-hybridized carbons (Fsp3) is 0.600. The molecule has 0 aromatic heterocycles. The predicted molar refractivity (Wildman–Crippen MR) is 69.4 cm³/mol. The quantitative estimate of drug-likeness (QED) is 0.647. The highest BCUT2D eigenvalue weighted by molar-refractivity contribution is 8.01. The minimum Gasteiger partial charge on any atom is -0.479 e. The van der Waals surface area contributed by atoms with Gasteiger partial charge in [0, 0.05) is 5.75 Å². The fourth-order valence-corrected chi connectivity index (χ4v) is 3.78. The van der Waals surface area contributed by atoms with Gasteiger partial charge in [-0.3, -0.25) is 9.59 Å². The highest BCUT2D eigenvalue weighted by atomic mass is 32.2. The normalized spacial score (nSPS) is 30.0. The lowest BCUT2D eigenvalue weighted by Gasteiger charge is -2.43. The van der Waals surface area contributed by atoms with Crippen molar-refractivity contribution in [3.05, 3.63) is 0 Å². The van der Waals surface area contributed by atoms with Crippen molar-refractivity contribution < 1.29 is 19.5 Å². The zero-order valence-corrected chi connectivity index (χ0v) is 11.5. The van der Waals surface area contributed by atoms with Crippen molar-refractivity contribution in [1.82, 2.24) is 10.2 Å². The maximum atomic E-state index is 11.8. The number of nitrogens with one attached hydrogen (secondary N) is 1. The lowest BCUT2D eigenvalue weighted by Crippen LogP contribution is -2.71. The number of carbonyl (C=O) groups excluding carboxylic acids is 2. The second-order valence-electron chi connectivity index (χ2n) is 4.07. The summed E-state index contributed by atoms with van der Waals surface area (Å²) in [6, 6.07) is 0.844. The predicted octanol–water partition coefficient (Wildman–Crippen LogP) is -0.905. The van der Waals surface area contributed by atoms with Crippen LogP contribution in [0.3, 0.4) is 0 Å². The molecule has 2 saturated heterocycles. The summed E-state index contributed by atoms with van der Waals surface area (Å²) in [5, 5.41) is 18.5. The number of nitrogens with zero attached hydrogens (tertiary/aromatic N) is 2. The maximum Gasteiger partial charge on any atom is 0.337 e. The van der Waals surface area contributed by atoms with E-state index in [4.69, 9.17) is 10.4 Å². The molecule has 2 fully saturated rings. The van der Waals surface area contributed by atoms with Crippen LogP contribution in [0.2, 0.25) is 0 Å². The van der Waals surface area contributed by atoms with E-state index in [1.54, 1.807) is 6.26 Å². The van der Waals surface area contributed by atoms with Crippen LogP contribution in [0.4, 0.5) is 0 Å². The lowest BCUT2D eigenvalue weighted by atomic mass is 9.96. The molecule has 0 saturated carbocycles. The summed E-state index contributed by atoms with van der Waals surface area (Å²) < 4.78 is 0. The van der Waals surface area contributed by atoms with Gasteiger partial charge in [0.2, 0.25) is 11.8 Å². The zero-order chi connectivity index (χ0) is 14.2. The van der Waals surface area contributed by atoms with Gasteiger partial charge in [0.15, 0.2) is 10.6 Å². The first-order valence-corrected chi connectivity index (χ1v) is 7.74. The van der Waals surface area contributed by atoms with Crippen molar-refractivity contribution in [1.29, 1.82) is 5.26 Å². The number of amides is 2. The van der Waals surface area contributed by atoms with E-state index in [2.05, 4.69) is 5.32 Å². The van der Waals surface area contributed by atoms with E-state index in [0.29, 0.717) is 5.75 Å². The van der Waals surface area contributed by atoms with Crippen molar-refractivity contribution in [3.63, 3.8) is 0 Å². The van der Waals surface area contributed by atoms with Gasteiger partial charge in [0.1, 0.15) is 6.04 Å². The number of carbonyl (C=O) groups is 3. The van der Waals surface area contributed by atoms with Crippen LogP contribution in [0.25, 0.3) is 0 Å². The molecule has 0 radical (unpaired) electrons. The molecule has 3 unspecified atom stereocenters. The van der Waals surface area contributed by atoms with E-state index in [1.165, 1.54) is 16.7 Å². The van der Waals surface area contributed by atoms with Gasteiger partial charge in [-0.05, 0) is 6.26 Å². The molecule has 19 heavy (non-hydrogen) atoms. The monoisotopic (exact) mass is 301 g/mol. The first-order valence-electron chi connectivity index (χ1n) is 5.40. The highest BCUT2D eigenvalue weighted by Gasteiger charge is 2.57. The van der Waals surface area contributed by atoms with Gasteiger partial charge in [0.05, 0.1) is 12.1 Å². The summed E-state index contributed by atoms with van der Waals surface area (Å²) in [5.74, 6) is -1.47. The molecular formula is C10H11N3O4S2. The standard InChI is InChI=1S/C10H11N3O4S2/c1-18-5(2-11)7(14)12-6-4-3-19-9(10(16)17)13(4)8(6)15/h4-6,9H,3H2,1H3,(H,12,14)(H,16,17)/t4?,5?,6-,9?/m0/s1. The van der Waals surface area contributed by atoms with Crippen molar-refractivity contribution in [2.24, 2.45) is 0 Å². The number of rotatable bonds is 4. The van der Waals surface area contributed by atoms with Gasteiger partial charge < -0.3 is 15.3 Å². The van der Waals surface area contributed by atoms with Crippen molar-refractivity contribution >= 4 is 41.3 Å². The number of hydrogen-bond acceptors (Lipinski definition) is 6. The SMILES string of the molecule is CSC(C#N)C(=O)N[C@@H]1C(=O)N2C(C(=O)O)SCC12. The topological polar surface area (TPSA) is 111 Å². The molecule has 0 spiro atoms. The van der Waals surface area contributed by atoms with Crippen LogP contribution in [0.5, 0.6) is 0 Å². The summed E-state index contributed by atoms with van der Waals surface area (Å²) in [6.07, 6.45) is 1.63. The first kappa shape index (κ1) is 14.0. The molecule has 102 valence electrons. The summed E-state index contributed by atoms with van der Waals surface area (Å²) in [5.41, 5.74) is 0.